The Morgan fingerprint density at radius 2 is 1.74 bits per heavy atom. The minimum atomic E-state index is -3.89. The van der Waals surface area contributed by atoms with Crippen molar-refractivity contribution in [2.75, 3.05) is 11.0 Å². The number of carbonyl (C=O) groups is 1. The first kappa shape index (κ1) is 42.3. The molecule has 3 aromatic heterocycles. The van der Waals surface area contributed by atoms with E-state index in [4.69, 9.17) is 16.6 Å². The van der Waals surface area contributed by atoms with Gasteiger partial charge in [0.2, 0.25) is 15.9 Å². The zero-order chi connectivity index (χ0) is 44.1. The Labute approximate surface area is 350 Å². The van der Waals surface area contributed by atoms with Gasteiger partial charge in [0.15, 0.2) is 5.82 Å². The van der Waals surface area contributed by atoms with E-state index < -0.39 is 87.7 Å². The Morgan fingerprint density at radius 3 is 2.39 bits per heavy atom. The summed E-state index contributed by atoms with van der Waals surface area (Å²) in [6, 6.07) is 9.09. The lowest BCUT2D eigenvalue weighted by Crippen LogP contribution is -2.38. The number of aromatic nitrogens is 6. The van der Waals surface area contributed by atoms with E-state index >= 15 is 8.78 Å². The smallest absolute Gasteiger partial charge is 0.293 e. The number of nitrogens with one attached hydrogen (secondary N) is 2. The molecule has 3 aromatic carbocycles. The zero-order valence-electron chi connectivity index (χ0n) is 33.3. The summed E-state index contributed by atoms with van der Waals surface area (Å²) in [5, 5.41) is 11.0. The standard InChI is InChI=1S/C41H39ClF6N8O4S/c1-40(2,3)11-10-19-6-7-23-27(14-19)50-38(56(39(23)58)29-9-8-26(42)32-34(29)54(4)52-37(32)53-61(5,59)60)28(15-20-12-21(43)16-22(44)13-20)49-30(57)18-55-35-31(33(51-55)36(45)46)24-17-25(24)41(35,47)48/h6-9,12-14,16,24-25,28,36H,10-11,15,17-18H2,1-5H3,(H,49,57)(H,52,53)/t24-,25+,28-/m0/s1. The van der Waals surface area contributed by atoms with Gasteiger partial charge in [0.1, 0.15) is 35.4 Å². The maximum Gasteiger partial charge on any atom is 0.293 e. The molecule has 322 valence electrons. The van der Waals surface area contributed by atoms with Crippen molar-refractivity contribution in [1.82, 2.24) is 34.4 Å². The molecule has 0 unspecified atom stereocenters. The Balaban J connectivity index is 1.33. The van der Waals surface area contributed by atoms with Crippen LogP contribution in [-0.2, 0) is 47.2 Å². The predicted octanol–water partition coefficient (Wildman–Crippen LogP) is 8.00. The summed E-state index contributed by atoms with van der Waals surface area (Å²) in [6.45, 7) is 5.26. The van der Waals surface area contributed by atoms with E-state index in [0.29, 0.717) is 17.2 Å². The second kappa shape index (κ2) is 14.9. The summed E-state index contributed by atoms with van der Waals surface area (Å²) in [6.07, 6.45) is -1.32. The third-order valence-corrected chi connectivity index (χ3v) is 11.9. The Morgan fingerprint density at radius 1 is 1.03 bits per heavy atom. The van der Waals surface area contributed by atoms with E-state index in [0.717, 1.165) is 34.9 Å². The molecule has 3 heterocycles. The van der Waals surface area contributed by atoms with Gasteiger partial charge >= 0.3 is 0 Å². The number of benzene rings is 3. The summed E-state index contributed by atoms with van der Waals surface area (Å²) < 4.78 is 119. The largest absolute Gasteiger partial charge is 0.344 e. The van der Waals surface area contributed by atoms with Crippen LogP contribution in [0.2, 0.25) is 5.02 Å². The van der Waals surface area contributed by atoms with E-state index in [1.54, 1.807) is 18.2 Å². The molecule has 0 saturated heterocycles. The van der Waals surface area contributed by atoms with Crippen LogP contribution in [0.4, 0.5) is 32.2 Å². The Bertz CT molecular complexity index is 2940. The lowest BCUT2D eigenvalue weighted by Gasteiger charge is -2.24. The first-order valence-electron chi connectivity index (χ1n) is 19.2. The molecule has 1 amide bonds. The fourth-order valence-corrected chi connectivity index (χ4v) is 9.04. The molecule has 6 aromatic rings. The maximum absolute atomic E-state index is 15.5. The van der Waals surface area contributed by atoms with Crippen LogP contribution in [0.5, 0.6) is 0 Å². The van der Waals surface area contributed by atoms with Crippen LogP contribution in [0.1, 0.15) is 85.9 Å². The van der Waals surface area contributed by atoms with Gasteiger partial charge in [0.05, 0.1) is 44.8 Å². The number of aryl methyl sites for hydroxylation is 2. The summed E-state index contributed by atoms with van der Waals surface area (Å²) in [4.78, 5) is 34.0. The van der Waals surface area contributed by atoms with E-state index in [1.807, 2.05) is 0 Å². The highest BCUT2D eigenvalue weighted by atomic mass is 35.5. The third kappa shape index (κ3) is 7.97. The maximum atomic E-state index is 15.5. The average Bonchev–Trinajstić information content (AvgIpc) is 3.68. The number of sulfonamides is 1. The van der Waals surface area contributed by atoms with Crippen molar-refractivity contribution in [2.24, 2.45) is 18.4 Å². The molecule has 1 saturated carbocycles. The van der Waals surface area contributed by atoms with Crippen molar-refractivity contribution in [3.8, 4) is 5.69 Å². The molecule has 0 spiro atoms. The van der Waals surface area contributed by atoms with Crippen LogP contribution < -0.4 is 15.6 Å². The van der Waals surface area contributed by atoms with Gasteiger partial charge in [-0.2, -0.15) is 19.0 Å². The molecule has 61 heavy (non-hydrogen) atoms. The number of anilines is 1. The molecule has 0 bridgehead atoms. The van der Waals surface area contributed by atoms with Crippen LogP contribution >= 0.6 is 11.6 Å². The number of fused-ring (bicyclic) bond motifs is 5. The monoisotopic (exact) mass is 888 g/mol. The molecular formula is C41H39ClF6N8O4S. The number of carbonyl (C=O) groups excluding carboxylic acids is 1. The molecule has 12 nitrogen and oxygen atoms in total. The highest BCUT2D eigenvalue weighted by Crippen LogP contribution is 2.68. The van der Waals surface area contributed by atoms with Gasteiger partial charge < -0.3 is 5.32 Å². The van der Waals surface area contributed by atoms with Crippen LogP contribution in [-0.4, -0.2) is 49.7 Å². The van der Waals surface area contributed by atoms with Gasteiger partial charge in [-0.25, -0.2) is 31.0 Å². The van der Waals surface area contributed by atoms with E-state index in [1.165, 1.54) is 23.9 Å². The van der Waals surface area contributed by atoms with Gasteiger partial charge in [-0.15, -0.1) is 0 Å². The summed E-state index contributed by atoms with van der Waals surface area (Å²) in [7, 11) is -2.42. The van der Waals surface area contributed by atoms with Gasteiger partial charge in [-0.3, -0.25) is 28.2 Å². The van der Waals surface area contributed by atoms with E-state index in [-0.39, 0.29) is 67.1 Å². The van der Waals surface area contributed by atoms with Crippen LogP contribution in [0.15, 0.2) is 53.3 Å². The highest BCUT2D eigenvalue weighted by Gasteiger charge is 2.67. The normalized spacial score (nSPS) is 17.5. The number of halogens is 7. The van der Waals surface area contributed by atoms with Crippen molar-refractivity contribution in [1.29, 1.82) is 0 Å². The van der Waals surface area contributed by atoms with Crippen LogP contribution in [0.3, 0.4) is 0 Å². The lowest BCUT2D eigenvalue weighted by molar-refractivity contribution is -0.123. The summed E-state index contributed by atoms with van der Waals surface area (Å²) in [5.74, 6) is -8.84. The lowest BCUT2D eigenvalue weighted by atomic mass is 9.88. The number of nitrogens with zero attached hydrogens (tertiary/aromatic N) is 6. The van der Waals surface area contributed by atoms with Crippen molar-refractivity contribution >= 4 is 55.2 Å². The fraction of sp³-hybridized carbons (Fsp3) is 0.390. The Hall–Kier alpha value is -5.43. The van der Waals surface area contributed by atoms with Crippen LogP contribution in [0.25, 0.3) is 27.5 Å². The van der Waals surface area contributed by atoms with Crippen molar-refractivity contribution in [2.45, 2.75) is 77.3 Å². The second-order valence-corrected chi connectivity index (χ2v) is 19.1. The van der Waals surface area contributed by atoms with Gasteiger partial charge in [-0.1, -0.05) is 38.4 Å². The number of hydrogen-bond donors (Lipinski definition) is 2. The second-order valence-electron chi connectivity index (χ2n) is 16.9. The first-order chi connectivity index (χ1) is 28.5. The summed E-state index contributed by atoms with van der Waals surface area (Å²) >= 11 is 6.63. The first-order valence-corrected chi connectivity index (χ1v) is 21.5. The third-order valence-electron chi connectivity index (χ3n) is 11.0. The van der Waals surface area contributed by atoms with Crippen molar-refractivity contribution in [3.05, 3.63) is 109 Å². The fourth-order valence-electron chi connectivity index (χ4n) is 8.30. The van der Waals surface area contributed by atoms with E-state index in [9.17, 15) is 35.6 Å². The number of alkyl halides is 4. The van der Waals surface area contributed by atoms with Crippen molar-refractivity contribution in [3.63, 3.8) is 0 Å². The number of amides is 1. The quantitative estimate of drug-likeness (QED) is 0.119. The van der Waals surface area contributed by atoms with Gasteiger partial charge in [-0.05, 0) is 78.1 Å². The highest BCUT2D eigenvalue weighted by molar-refractivity contribution is 7.92. The average molecular weight is 889 g/mol. The van der Waals surface area contributed by atoms with Gasteiger partial charge in [0, 0.05) is 31.0 Å². The molecule has 3 atom stereocenters. The molecule has 20 heteroatoms. The molecule has 2 aliphatic carbocycles. The predicted molar refractivity (Wildman–Crippen MR) is 216 cm³/mol. The number of rotatable bonds is 12. The molecule has 8 rings (SSSR count). The SMILES string of the molecule is Cn1nc(NS(C)(=O)=O)c2c(Cl)ccc(-n3c([C@H](Cc4cc(F)cc(F)c4)NC(=O)Cn4nc(C(F)F)c5c4C(F)(F)[C@@H]4C[C@H]54)nc4cc(CCC(C)(C)C)ccc4c3=O)c21. The molecule has 0 radical (unpaired) electrons. The minimum absolute atomic E-state index is 0.00404. The molecule has 2 N–H and O–H groups in total. The number of hydrogen-bond acceptors (Lipinski definition) is 7. The zero-order valence-corrected chi connectivity index (χ0v) is 34.9. The van der Waals surface area contributed by atoms with Crippen LogP contribution in [0, 0.1) is 23.0 Å². The molecule has 1 fully saturated rings. The molecular weight excluding hydrogens is 850 g/mol. The van der Waals surface area contributed by atoms with E-state index in [2.05, 4.69) is 41.0 Å². The minimum Gasteiger partial charge on any atom is -0.344 e. The topological polar surface area (TPSA) is 146 Å². The van der Waals surface area contributed by atoms with Gasteiger partial charge in [0.25, 0.3) is 17.9 Å². The molecule has 0 aliphatic heterocycles. The Kier molecular flexibility index (Phi) is 10.3. The summed E-state index contributed by atoms with van der Waals surface area (Å²) in [5.41, 5.74) is -1.41. The van der Waals surface area contributed by atoms with Crippen molar-refractivity contribution < 1.29 is 39.6 Å². The molecule has 2 aliphatic rings.